The number of aromatic nitrogens is 2. The van der Waals surface area contributed by atoms with Crippen LogP contribution in [0.4, 0.5) is 10.5 Å². The number of benzene rings is 1. The first-order valence-corrected chi connectivity index (χ1v) is 8.21. The molecule has 3 rings (SSSR count). The van der Waals surface area contributed by atoms with Crippen LogP contribution in [0, 0.1) is 0 Å². The minimum absolute atomic E-state index is 0.0618. The van der Waals surface area contributed by atoms with Crippen LogP contribution in [0.15, 0.2) is 28.7 Å². The number of amides is 1. The minimum Gasteiger partial charge on any atom is -0.447 e. The van der Waals surface area contributed by atoms with Crippen LogP contribution in [0.2, 0.25) is 0 Å². The molecule has 1 aliphatic heterocycles. The molecule has 0 aliphatic carbocycles. The summed E-state index contributed by atoms with van der Waals surface area (Å²) in [6.45, 7) is 7.06. The lowest BCUT2D eigenvalue weighted by molar-refractivity contribution is 0.181. The van der Waals surface area contributed by atoms with E-state index < -0.39 is 0 Å². The first-order chi connectivity index (χ1) is 11.6. The average molecular weight is 330 g/mol. The molecule has 24 heavy (non-hydrogen) atoms. The summed E-state index contributed by atoms with van der Waals surface area (Å²) in [6.07, 6.45) is 0.433. The van der Waals surface area contributed by atoms with Gasteiger partial charge < -0.3 is 9.15 Å². The maximum atomic E-state index is 11.7. The normalized spacial score (nSPS) is 17.0. The number of aryl methyl sites for hydroxylation is 1. The highest BCUT2D eigenvalue weighted by Gasteiger charge is 2.24. The summed E-state index contributed by atoms with van der Waals surface area (Å²) < 4.78 is 10.6. The standard InChI is InChI=1S/C17H22N4O3/c1-4-15-19-20-16(24-15)12(3)18-11(2)13-6-5-7-14(10-13)21-8-9-23-17(21)22/h5-7,10-12,18H,4,8-9H2,1-3H3/t11-,12+/m0/s1. The van der Waals surface area contributed by atoms with Crippen molar-refractivity contribution in [2.75, 3.05) is 18.1 Å². The quantitative estimate of drug-likeness (QED) is 0.877. The third-order valence-corrected chi connectivity index (χ3v) is 4.10. The van der Waals surface area contributed by atoms with Gasteiger partial charge in [0.05, 0.1) is 12.6 Å². The third kappa shape index (κ3) is 3.41. The fraction of sp³-hybridized carbons (Fsp3) is 0.471. The molecule has 1 N–H and O–H groups in total. The molecule has 1 fully saturated rings. The molecule has 1 aromatic carbocycles. The average Bonchev–Trinajstić information content (AvgIpc) is 3.23. The number of ether oxygens (including phenoxy) is 1. The highest BCUT2D eigenvalue weighted by atomic mass is 16.6. The second-order valence-corrected chi connectivity index (χ2v) is 5.86. The smallest absolute Gasteiger partial charge is 0.414 e. The molecule has 7 nitrogen and oxygen atoms in total. The van der Waals surface area contributed by atoms with Gasteiger partial charge in [-0.3, -0.25) is 10.2 Å². The van der Waals surface area contributed by atoms with Crippen molar-refractivity contribution in [3.8, 4) is 0 Å². The molecule has 2 aromatic rings. The van der Waals surface area contributed by atoms with Gasteiger partial charge in [-0.15, -0.1) is 10.2 Å². The monoisotopic (exact) mass is 330 g/mol. The predicted molar refractivity (Wildman–Crippen MR) is 88.8 cm³/mol. The molecule has 7 heteroatoms. The summed E-state index contributed by atoms with van der Waals surface area (Å²) in [5.74, 6) is 1.22. The van der Waals surface area contributed by atoms with Crippen LogP contribution in [-0.2, 0) is 11.2 Å². The zero-order chi connectivity index (χ0) is 17.1. The van der Waals surface area contributed by atoms with E-state index in [1.807, 2.05) is 38.1 Å². The highest BCUT2D eigenvalue weighted by molar-refractivity contribution is 5.89. The maximum absolute atomic E-state index is 11.7. The lowest BCUT2D eigenvalue weighted by Gasteiger charge is -2.20. The van der Waals surface area contributed by atoms with Crippen LogP contribution < -0.4 is 10.2 Å². The molecule has 0 spiro atoms. The molecule has 0 saturated carbocycles. The van der Waals surface area contributed by atoms with Crippen molar-refractivity contribution in [3.05, 3.63) is 41.6 Å². The molecule has 0 unspecified atom stereocenters. The summed E-state index contributed by atoms with van der Waals surface area (Å²) in [6, 6.07) is 7.89. The zero-order valence-corrected chi connectivity index (χ0v) is 14.2. The topological polar surface area (TPSA) is 80.5 Å². The van der Waals surface area contributed by atoms with Gasteiger partial charge in [-0.25, -0.2) is 4.79 Å². The van der Waals surface area contributed by atoms with Crippen molar-refractivity contribution >= 4 is 11.8 Å². The summed E-state index contributed by atoms with van der Waals surface area (Å²) in [4.78, 5) is 13.4. The summed E-state index contributed by atoms with van der Waals surface area (Å²) in [7, 11) is 0. The van der Waals surface area contributed by atoms with Crippen LogP contribution >= 0.6 is 0 Å². The molecule has 1 amide bonds. The highest BCUT2D eigenvalue weighted by Crippen LogP contribution is 2.25. The molecule has 1 aromatic heterocycles. The van der Waals surface area contributed by atoms with Crippen LogP contribution in [0.1, 0.15) is 50.2 Å². The largest absolute Gasteiger partial charge is 0.447 e. The van der Waals surface area contributed by atoms with E-state index in [-0.39, 0.29) is 18.2 Å². The van der Waals surface area contributed by atoms with Crippen molar-refractivity contribution in [2.45, 2.75) is 39.3 Å². The van der Waals surface area contributed by atoms with Crippen LogP contribution in [0.5, 0.6) is 0 Å². The van der Waals surface area contributed by atoms with Crippen molar-refractivity contribution in [3.63, 3.8) is 0 Å². The van der Waals surface area contributed by atoms with Crippen molar-refractivity contribution in [1.29, 1.82) is 0 Å². The van der Waals surface area contributed by atoms with E-state index in [4.69, 9.17) is 9.15 Å². The Balaban J connectivity index is 1.70. The first-order valence-electron chi connectivity index (χ1n) is 8.21. The van der Waals surface area contributed by atoms with E-state index in [0.717, 1.165) is 17.7 Å². The number of anilines is 1. The van der Waals surface area contributed by atoms with E-state index in [2.05, 4.69) is 22.4 Å². The molecule has 2 atom stereocenters. The molecular weight excluding hydrogens is 308 g/mol. The van der Waals surface area contributed by atoms with Gasteiger partial charge in [-0.05, 0) is 31.5 Å². The van der Waals surface area contributed by atoms with E-state index in [0.29, 0.717) is 24.9 Å². The van der Waals surface area contributed by atoms with Gasteiger partial charge in [0.2, 0.25) is 11.8 Å². The fourth-order valence-corrected chi connectivity index (χ4v) is 2.72. The Bertz CT molecular complexity index is 715. The lowest BCUT2D eigenvalue weighted by Crippen LogP contribution is -2.25. The van der Waals surface area contributed by atoms with Crippen LogP contribution in [-0.4, -0.2) is 29.4 Å². The number of carbonyl (C=O) groups excluding carboxylic acids is 1. The van der Waals surface area contributed by atoms with E-state index in [1.165, 1.54) is 0 Å². The van der Waals surface area contributed by atoms with Crippen LogP contribution in [0.3, 0.4) is 0 Å². The van der Waals surface area contributed by atoms with Crippen molar-refractivity contribution in [2.24, 2.45) is 0 Å². The molecule has 0 radical (unpaired) electrons. The Kier molecular flexibility index (Phi) is 4.80. The Morgan fingerprint density at radius 1 is 1.29 bits per heavy atom. The number of hydrogen-bond donors (Lipinski definition) is 1. The number of carbonyl (C=O) groups is 1. The van der Waals surface area contributed by atoms with Gasteiger partial charge >= 0.3 is 6.09 Å². The Morgan fingerprint density at radius 3 is 2.79 bits per heavy atom. The number of nitrogens with one attached hydrogen (secondary N) is 1. The SMILES string of the molecule is CCc1nnc([C@@H](C)N[C@@H](C)c2cccc(N3CCOC3=O)c2)o1. The molecular formula is C17H22N4O3. The Morgan fingerprint density at radius 2 is 2.12 bits per heavy atom. The third-order valence-electron chi connectivity index (χ3n) is 4.10. The molecule has 1 aliphatic rings. The van der Waals surface area contributed by atoms with Gasteiger partial charge in [0.25, 0.3) is 0 Å². The minimum atomic E-state index is -0.293. The van der Waals surface area contributed by atoms with Gasteiger partial charge in [0, 0.05) is 18.2 Å². The van der Waals surface area contributed by atoms with Crippen LogP contribution in [0.25, 0.3) is 0 Å². The number of hydrogen-bond acceptors (Lipinski definition) is 6. The lowest BCUT2D eigenvalue weighted by atomic mass is 10.1. The number of rotatable bonds is 6. The summed E-state index contributed by atoms with van der Waals surface area (Å²) in [5, 5.41) is 11.5. The van der Waals surface area contributed by atoms with E-state index >= 15 is 0 Å². The Hall–Kier alpha value is -2.41. The Labute approximate surface area is 141 Å². The van der Waals surface area contributed by atoms with E-state index in [1.54, 1.807) is 4.90 Å². The van der Waals surface area contributed by atoms with Crippen molar-refractivity contribution < 1.29 is 13.9 Å². The summed E-state index contributed by atoms with van der Waals surface area (Å²) in [5.41, 5.74) is 1.93. The van der Waals surface area contributed by atoms with E-state index in [9.17, 15) is 4.79 Å². The molecule has 1 saturated heterocycles. The van der Waals surface area contributed by atoms with Gasteiger partial charge in [-0.1, -0.05) is 19.1 Å². The maximum Gasteiger partial charge on any atom is 0.414 e. The van der Waals surface area contributed by atoms with Gasteiger partial charge in [0.15, 0.2) is 0 Å². The predicted octanol–water partition coefficient (Wildman–Crippen LogP) is 3.00. The van der Waals surface area contributed by atoms with Gasteiger partial charge in [0.1, 0.15) is 6.61 Å². The molecule has 2 heterocycles. The zero-order valence-electron chi connectivity index (χ0n) is 14.2. The van der Waals surface area contributed by atoms with Gasteiger partial charge in [-0.2, -0.15) is 0 Å². The molecule has 128 valence electrons. The van der Waals surface area contributed by atoms with Crippen molar-refractivity contribution in [1.82, 2.24) is 15.5 Å². The fourth-order valence-electron chi connectivity index (χ4n) is 2.72. The second-order valence-electron chi connectivity index (χ2n) is 5.86. The number of nitrogens with zero attached hydrogens (tertiary/aromatic N) is 3. The first kappa shape index (κ1) is 16.4. The molecule has 0 bridgehead atoms. The number of cyclic esters (lactones) is 1. The summed E-state index contributed by atoms with van der Waals surface area (Å²) >= 11 is 0. The second kappa shape index (κ2) is 7.00.